The average Bonchev–Trinajstić information content (AvgIpc) is 4.01. The number of aliphatic hydroxyl groups is 1. The standard InChI is InChI=1S/C26H40O6.C20H30O2.C20H32/c1-14-8-10-21-16(3)23-20(15(2)22(11-9-14)30-17(4)27)12-13-26(23,7)25(32-19(6)29)24(21)31-18(5)28;1-12-6-5-7-13(2)15-10-11-20(4)17(15)14(3)16(9-8-12)18(21)19(20)22;1-14-6-5-7-15(2)18-11-13-20(4)12-10-17(9-8-14)16(3)19(18)20/h14,16,20-25H,2,8-13H2,1,3-7H3;7,12,15,17,19,22H,5-6,8-11H2,1-4H3;7,14,18-19H,5-6,8-13H2,1-4H3/b;13-7-;/t14-,16?,20?,21?,22+,23-,24-,25+,26+;12-,15?,17+,19-,20-;14-,18-,19+,20-/m100/s1. The Morgan fingerprint density at radius 2 is 1.14 bits per heavy atom. The number of allylic oxidation sites excluding steroid dienone is 7. The van der Waals surface area contributed by atoms with Gasteiger partial charge in [0.1, 0.15) is 24.4 Å². The molecule has 414 valence electrons. The summed E-state index contributed by atoms with van der Waals surface area (Å²) >= 11 is 0. The van der Waals surface area contributed by atoms with Crippen LogP contribution in [0.5, 0.6) is 0 Å². The molecule has 5 fully saturated rings. The molecule has 0 aromatic heterocycles. The second-order valence-corrected chi connectivity index (χ2v) is 27.2. The van der Waals surface area contributed by atoms with Gasteiger partial charge in [0, 0.05) is 37.5 Å². The van der Waals surface area contributed by atoms with E-state index in [0.29, 0.717) is 29.1 Å². The molecule has 0 saturated heterocycles. The third kappa shape index (κ3) is 11.9. The SMILES string of the molecule is C=C1C2CC[C@@]3(C)[C@@H]2C(C)C(CC[C@@H](C)CC[C@@H]1OC(C)=O)[C@@H](OC(C)=O)[C@@H]3OC(C)=O.CC1=C2CC[C@@H](C)CC/C=C(/C)C3CC[C@@](C)([C@H]13)[C@@H](O)C2=O.CC1=CCC[C@H](C)CCC2=C(C)[C@@H]3[C@H]1CC[C@]3(C)CC2. The Hall–Kier alpha value is -3.26. The molecule has 8 nitrogen and oxygen atoms in total. The minimum atomic E-state index is -0.801. The van der Waals surface area contributed by atoms with Gasteiger partial charge >= 0.3 is 17.9 Å². The van der Waals surface area contributed by atoms with Crippen LogP contribution in [0.2, 0.25) is 0 Å². The van der Waals surface area contributed by atoms with Crippen molar-refractivity contribution in [1.82, 2.24) is 0 Å². The summed E-state index contributed by atoms with van der Waals surface area (Å²) in [6, 6.07) is 0. The lowest BCUT2D eigenvalue weighted by molar-refractivity contribution is -0.209. The van der Waals surface area contributed by atoms with Gasteiger partial charge in [0.2, 0.25) is 0 Å². The summed E-state index contributed by atoms with van der Waals surface area (Å²) in [4.78, 5) is 48.8. The fourth-order valence-corrected chi connectivity index (χ4v) is 17.8. The Labute approximate surface area is 449 Å². The number of carbonyl (C=O) groups excluding carboxylic acids is 4. The van der Waals surface area contributed by atoms with Crippen molar-refractivity contribution in [1.29, 1.82) is 0 Å². The molecule has 0 radical (unpaired) electrons. The van der Waals surface area contributed by atoms with E-state index in [-0.39, 0.29) is 64.3 Å². The van der Waals surface area contributed by atoms with E-state index in [2.05, 4.69) is 94.9 Å². The number of ketones is 1. The van der Waals surface area contributed by atoms with Gasteiger partial charge < -0.3 is 19.3 Å². The maximum Gasteiger partial charge on any atom is 0.303 e. The monoisotopic (exact) mass is 1020 g/mol. The van der Waals surface area contributed by atoms with Gasteiger partial charge in [-0.2, -0.15) is 0 Å². The summed E-state index contributed by atoms with van der Waals surface area (Å²) in [7, 11) is 0. The van der Waals surface area contributed by atoms with Gasteiger partial charge in [-0.3, -0.25) is 19.2 Å². The normalized spacial score (nSPS) is 43.0. The summed E-state index contributed by atoms with van der Waals surface area (Å²) in [5.41, 5.74) is 10.0. The lowest BCUT2D eigenvalue weighted by Gasteiger charge is -2.54. The summed E-state index contributed by atoms with van der Waals surface area (Å²) < 4.78 is 17.6. The number of fused-ring (bicyclic) bond motifs is 1. The van der Waals surface area contributed by atoms with E-state index in [0.717, 1.165) is 99.5 Å². The van der Waals surface area contributed by atoms with Crippen molar-refractivity contribution in [2.24, 2.45) is 81.3 Å². The van der Waals surface area contributed by atoms with Crippen LogP contribution in [0.15, 0.2) is 57.7 Å². The third-order valence-electron chi connectivity index (χ3n) is 22.2. The number of hydrogen-bond acceptors (Lipinski definition) is 8. The Kier molecular flexibility index (Phi) is 18.8. The summed E-state index contributed by atoms with van der Waals surface area (Å²) in [5, 5.41) is 10.7. The maximum atomic E-state index is 12.8. The molecule has 0 spiro atoms. The highest BCUT2D eigenvalue weighted by Crippen LogP contribution is 2.64. The quantitative estimate of drug-likeness (QED) is 0.169. The van der Waals surface area contributed by atoms with Gasteiger partial charge in [0.05, 0.1) is 0 Å². The van der Waals surface area contributed by atoms with E-state index in [1.807, 2.05) is 5.57 Å². The Bertz CT molecular complexity index is 2230. The van der Waals surface area contributed by atoms with Crippen LogP contribution in [0.4, 0.5) is 0 Å². The van der Waals surface area contributed by atoms with Crippen LogP contribution in [-0.4, -0.2) is 53.2 Å². The van der Waals surface area contributed by atoms with Crippen LogP contribution in [-0.2, 0) is 33.4 Å². The van der Waals surface area contributed by atoms with Crippen molar-refractivity contribution in [3.63, 3.8) is 0 Å². The van der Waals surface area contributed by atoms with Gasteiger partial charge in [-0.15, -0.1) is 0 Å². The number of carbonyl (C=O) groups is 4. The van der Waals surface area contributed by atoms with Crippen molar-refractivity contribution in [3.8, 4) is 0 Å². The van der Waals surface area contributed by atoms with Gasteiger partial charge in [0.15, 0.2) is 5.78 Å². The van der Waals surface area contributed by atoms with Crippen molar-refractivity contribution in [3.05, 3.63) is 57.7 Å². The molecular formula is C66H102O8. The number of aliphatic hydroxyl groups excluding tert-OH is 1. The molecule has 9 rings (SSSR count). The first-order valence-corrected chi connectivity index (χ1v) is 30.0. The molecule has 5 saturated carbocycles. The number of Topliss-reactive ketones (excluding diaryl/α,β-unsaturated/α-hetero) is 1. The molecule has 0 amide bonds. The zero-order valence-electron chi connectivity index (χ0n) is 49.0. The summed E-state index contributed by atoms with van der Waals surface area (Å²) in [6.07, 6.45) is 25.9. The van der Waals surface area contributed by atoms with Crippen molar-refractivity contribution in [2.45, 2.75) is 250 Å². The minimum Gasteiger partial charge on any atom is -0.458 e. The summed E-state index contributed by atoms with van der Waals surface area (Å²) in [6.45, 7) is 34.2. The molecule has 1 N–H and O–H groups in total. The van der Waals surface area contributed by atoms with E-state index < -0.39 is 18.3 Å². The molecule has 9 aliphatic rings. The highest BCUT2D eigenvalue weighted by Gasteiger charge is 2.64. The minimum absolute atomic E-state index is 0.0185. The van der Waals surface area contributed by atoms with Gasteiger partial charge in [-0.1, -0.05) is 101 Å². The number of ether oxygens (including phenoxy) is 3. The van der Waals surface area contributed by atoms with Crippen LogP contribution in [0.25, 0.3) is 0 Å². The topological polar surface area (TPSA) is 116 Å². The predicted molar refractivity (Wildman–Crippen MR) is 297 cm³/mol. The first kappa shape index (κ1) is 58.4. The Morgan fingerprint density at radius 1 is 0.595 bits per heavy atom. The molecule has 74 heavy (non-hydrogen) atoms. The largest absolute Gasteiger partial charge is 0.458 e. The van der Waals surface area contributed by atoms with E-state index in [1.165, 1.54) is 89.7 Å². The van der Waals surface area contributed by atoms with Crippen LogP contribution in [0.1, 0.15) is 225 Å². The van der Waals surface area contributed by atoms with Crippen molar-refractivity contribution < 1.29 is 38.5 Å². The third-order valence-corrected chi connectivity index (χ3v) is 22.2. The lowest BCUT2D eigenvalue weighted by Crippen LogP contribution is -2.59. The van der Waals surface area contributed by atoms with Crippen LogP contribution in [0, 0.1) is 81.3 Å². The molecular weight excluding hydrogens is 921 g/mol. The highest BCUT2D eigenvalue weighted by atomic mass is 16.6. The first-order valence-electron chi connectivity index (χ1n) is 30.0. The van der Waals surface area contributed by atoms with Crippen molar-refractivity contribution >= 4 is 23.7 Å². The Balaban J connectivity index is 0.000000168. The zero-order valence-corrected chi connectivity index (χ0v) is 49.0. The molecule has 18 atom stereocenters. The molecule has 0 aromatic carbocycles. The van der Waals surface area contributed by atoms with Gasteiger partial charge in [-0.25, -0.2) is 0 Å². The highest BCUT2D eigenvalue weighted by molar-refractivity contribution is 6.01. The van der Waals surface area contributed by atoms with E-state index >= 15 is 0 Å². The number of rotatable bonds is 3. The second kappa shape index (κ2) is 23.8. The zero-order chi connectivity index (χ0) is 54.2. The summed E-state index contributed by atoms with van der Waals surface area (Å²) in [5.74, 6) is 4.33. The van der Waals surface area contributed by atoms with Crippen molar-refractivity contribution in [2.75, 3.05) is 0 Å². The fourth-order valence-electron chi connectivity index (χ4n) is 17.8. The van der Waals surface area contributed by atoms with Gasteiger partial charge in [0.25, 0.3) is 0 Å². The fraction of sp³-hybridized carbons (Fsp3) is 0.788. The molecule has 6 bridgehead atoms. The Morgan fingerprint density at radius 3 is 1.76 bits per heavy atom. The lowest BCUT2D eigenvalue weighted by atomic mass is 9.55. The number of esters is 3. The van der Waals surface area contributed by atoms with E-state index in [9.17, 15) is 24.3 Å². The van der Waals surface area contributed by atoms with Crippen LogP contribution >= 0.6 is 0 Å². The number of hydrogen-bond donors (Lipinski definition) is 1. The molecule has 0 heterocycles. The van der Waals surface area contributed by atoms with E-state index in [1.54, 1.807) is 11.1 Å². The molecule has 8 heteroatoms. The molecule has 9 aliphatic carbocycles. The molecule has 4 unspecified atom stereocenters. The van der Waals surface area contributed by atoms with Crippen LogP contribution in [0.3, 0.4) is 0 Å². The van der Waals surface area contributed by atoms with Crippen LogP contribution < -0.4 is 0 Å². The first-order chi connectivity index (χ1) is 34.8. The smallest absolute Gasteiger partial charge is 0.303 e. The van der Waals surface area contributed by atoms with Gasteiger partial charge in [-0.05, 0) is 225 Å². The van der Waals surface area contributed by atoms with E-state index in [4.69, 9.17) is 14.2 Å². The predicted octanol–water partition coefficient (Wildman–Crippen LogP) is 15.6. The maximum absolute atomic E-state index is 12.8. The second-order valence-electron chi connectivity index (χ2n) is 27.2. The average molecular weight is 1020 g/mol. The molecule has 0 aliphatic heterocycles. The molecule has 0 aromatic rings.